The summed E-state index contributed by atoms with van der Waals surface area (Å²) in [5.41, 5.74) is 0.419. The summed E-state index contributed by atoms with van der Waals surface area (Å²) in [5, 5.41) is 2.70. The second kappa shape index (κ2) is 8.12. The van der Waals surface area contributed by atoms with Gasteiger partial charge in [-0.15, -0.1) is 0 Å². The second-order valence-electron chi connectivity index (χ2n) is 6.55. The Kier molecular flexibility index (Phi) is 6.73. The zero-order valence-electron chi connectivity index (χ0n) is 14.7. The summed E-state index contributed by atoms with van der Waals surface area (Å²) in [6, 6.07) is 8.74. The summed E-state index contributed by atoms with van der Waals surface area (Å²) in [4.78, 5) is 0. The summed E-state index contributed by atoms with van der Waals surface area (Å²) in [7, 11) is -2.39. The van der Waals surface area contributed by atoms with Gasteiger partial charge in [-0.3, -0.25) is 0 Å². The molecular formula is C19H32OP2. The number of benzene rings is 1. The van der Waals surface area contributed by atoms with Crippen LogP contribution < -0.4 is 10.6 Å². The molecule has 0 N–H and O–H groups in total. The van der Waals surface area contributed by atoms with Crippen LogP contribution in [0.2, 0.25) is 0 Å². The molecule has 1 aromatic rings. The van der Waals surface area contributed by atoms with Gasteiger partial charge >= 0.3 is 0 Å². The van der Waals surface area contributed by atoms with Gasteiger partial charge < -0.3 is 4.57 Å². The minimum atomic E-state index is -2.25. The molecule has 3 heteroatoms. The van der Waals surface area contributed by atoms with Crippen LogP contribution in [0, 0.1) is 5.92 Å². The van der Waals surface area contributed by atoms with Crippen LogP contribution in [-0.4, -0.2) is 24.1 Å². The topological polar surface area (TPSA) is 17.1 Å². The van der Waals surface area contributed by atoms with Crippen LogP contribution in [0.4, 0.5) is 0 Å². The van der Waals surface area contributed by atoms with Crippen LogP contribution in [0.1, 0.15) is 53.4 Å². The predicted molar refractivity (Wildman–Crippen MR) is 103 cm³/mol. The van der Waals surface area contributed by atoms with Gasteiger partial charge in [0.05, 0.1) is 0 Å². The number of rotatable bonds is 6. The zero-order valence-corrected chi connectivity index (χ0v) is 16.5. The van der Waals surface area contributed by atoms with Crippen molar-refractivity contribution in [2.24, 2.45) is 5.92 Å². The monoisotopic (exact) mass is 338 g/mol. The largest absolute Gasteiger partial charge is 0.318 e. The van der Waals surface area contributed by atoms with E-state index in [-0.39, 0.29) is 7.92 Å². The Morgan fingerprint density at radius 1 is 1.05 bits per heavy atom. The van der Waals surface area contributed by atoms with Gasteiger partial charge in [0.15, 0.2) is 0 Å². The number of hydrogen-bond acceptors (Lipinski definition) is 1. The van der Waals surface area contributed by atoms with Crippen molar-refractivity contribution in [1.82, 2.24) is 0 Å². The third-order valence-electron chi connectivity index (χ3n) is 5.47. The fourth-order valence-electron chi connectivity index (χ4n) is 4.00. The molecule has 0 radical (unpaired) electrons. The first kappa shape index (κ1) is 18.2. The summed E-state index contributed by atoms with van der Waals surface area (Å²) in [6.45, 7) is 9.07. The SMILES string of the molecule is CC[C@@H]1CC[C@@H](CC)P(=O)(c2ccccc2P(CC)CC)C1. The molecule has 0 spiro atoms. The number of hydrogen-bond donors (Lipinski definition) is 0. The van der Waals surface area contributed by atoms with E-state index in [1.54, 1.807) is 0 Å². The molecule has 0 aromatic heterocycles. The van der Waals surface area contributed by atoms with Crippen molar-refractivity contribution in [3.05, 3.63) is 24.3 Å². The minimum absolute atomic E-state index is 0.144. The fraction of sp³-hybridized carbons (Fsp3) is 0.684. The third-order valence-corrected chi connectivity index (χ3v) is 12.3. The van der Waals surface area contributed by atoms with Crippen LogP contribution >= 0.6 is 15.1 Å². The van der Waals surface area contributed by atoms with Crippen LogP contribution in [0.5, 0.6) is 0 Å². The maximum atomic E-state index is 14.1. The van der Waals surface area contributed by atoms with Gasteiger partial charge in [0.1, 0.15) is 7.14 Å². The standard InChI is InChI=1S/C19H32OP2/c1-5-16-13-14-17(6-2)22(20,15-16)19-12-10-9-11-18(19)21(7-3)8-4/h9-12,16-17H,5-8,13-15H2,1-4H3/t16-,17-,22?/m1/s1. The van der Waals surface area contributed by atoms with E-state index in [2.05, 4.69) is 52.0 Å². The maximum absolute atomic E-state index is 14.1. The molecule has 1 aliphatic rings. The highest BCUT2D eigenvalue weighted by atomic mass is 31.2. The van der Waals surface area contributed by atoms with Crippen LogP contribution in [0.15, 0.2) is 24.3 Å². The highest BCUT2D eigenvalue weighted by molar-refractivity contribution is 7.76. The first-order valence-corrected chi connectivity index (χ1v) is 12.7. The molecule has 3 atom stereocenters. The predicted octanol–water partition coefficient (Wildman–Crippen LogP) is 5.42. The third kappa shape index (κ3) is 3.52. The van der Waals surface area contributed by atoms with Gasteiger partial charge in [-0.1, -0.05) is 66.3 Å². The van der Waals surface area contributed by atoms with Crippen molar-refractivity contribution in [2.75, 3.05) is 18.5 Å². The molecule has 0 bridgehead atoms. The maximum Gasteiger partial charge on any atom is 0.119 e. The van der Waals surface area contributed by atoms with E-state index in [4.69, 9.17) is 0 Å². The second-order valence-corrected chi connectivity index (χ2v) is 12.5. The van der Waals surface area contributed by atoms with Gasteiger partial charge in [-0.25, -0.2) is 0 Å². The lowest BCUT2D eigenvalue weighted by Crippen LogP contribution is -2.34. The highest BCUT2D eigenvalue weighted by Gasteiger charge is 2.40. The van der Waals surface area contributed by atoms with E-state index in [1.807, 2.05) is 0 Å². The van der Waals surface area contributed by atoms with E-state index in [9.17, 15) is 4.57 Å². The Bertz CT molecular complexity index is 522. The highest BCUT2D eigenvalue weighted by Crippen LogP contribution is 2.58. The molecule has 1 nitrogen and oxygen atoms in total. The lowest BCUT2D eigenvalue weighted by atomic mass is 10.00. The Morgan fingerprint density at radius 3 is 2.32 bits per heavy atom. The first-order chi connectivity index (χ1) is 10.6. The van der Waals surface area contributed by atoms with Crippen molar-refractivity contribution >= 4 is 25.7 Å². The van der Waals surface area contributed by atoms with Crippen LogP contribution in [0.3, 0.4) is 0 Å². The van der Waals surface area contributed by atoms with Crippen molar-refractivity contribution in [3.63, 3.8) is 0 Å². The molecule has 1 fully saturated rings. The molecular weight excluding hydrogens is 306 g/mol. The Morgan fingerprint density at radius 2 is 1.73 bits per heavy atom. The summed E-state index contributed by atoms with van der Waals surface area (Å²) in [6.07, 6.45) is 8.05. The van der Waals surface area contributed by atoms with Crippen molar-refractivity contribution in [2.45, 2.75) is 59.0 Å². The zero-order chi connectivity index (χ0) is 16.2. The average molecular weight is 338 g/mol. The lowest BCUT2D eigenvalue weighted by Gasteiger charge is -2.37. The smallest absolute Gasteiger partial charge is 0.119 e. The van der Waals surface area contributed by atoms with Crippen molar-refractivity contribution in [1.29, 1.82) is 0 Å². The molecule has 1 saturated heterocycles. The molecule has 0 aliphatic carbocycles. The Hall–Kier alpha value is -0.120. The van der Waals surface area contributed by atoms with Gasteiger partial charge in [0.2, 0.25) is 0 Å². The van der Waals surface area contributed by atoms with E-state index in [0.29, 0.717) is 11.6 Å². The lowest BCUT2D eigenvalue weighted by molar-refractivity contribution is 0.442. The molecule has 0 saturated carbocycles. The molecule has 1 aromatic carbocycles. The van der Waals surface area contributed by atoms with E-state index in [0.717, 1.165) is 19.0 Å². The van der Waals surface area contributed by atoms with Gasteiger partial charge in [-0.05, 0) is 42.8 Å². The normalized spacial score (nSPS) is 29.0. The molecule has 1 aliphatic heterocycles. The molecule has 22 heavy (non-hydrogen) atoms. The summed E-state index contributed by atoms with van der Waals surface area (Å²) >= 11 is 0. The molecule has 2 rings (SSSR count). The van der Waals surface area contributed by atoms with Crippen molar-refractivity contribution < 1.29 is 4.57 Å². The van der Waals surface area contributed by atoms with E-state index in [1.165, 1.54) is 35.8 Å². The Balaban J connectivity index is 2.49. The summed E-state index contributed by atoms with van der Waals surface area (Å²) < 4.78 is 14.1. The van der Waals surface area contributed by atoms with Crippen LogP contribution in [-0.2, 0) is 4.57 Å². The quantitative estimate of drug-likeness (QED) is 0.633. The van der Waals surface area contributed by atoms with Crippen molar-refractivity contribution in [3.8, 4) is 0 Å². The molecule has 0 amide bonds. The van der Waals surface area contributed by atoms with Gasteiger partial charge in [0, 0.05) is 17.1 Å². The minimum Gasteiger partial charge on any atom is -0.318 e. The fourth-order valence-corrected chi connectivity index (χ4v) is 10.8. The van der Waals surface area contributed by atoms with Gasteiger partial charge in [0.25, 0.3) is 0 Å². The average Bonchev–Trinajstić information content (AvgIpc) is 2.56. The molecule has 124 valence electrons. The van der Waals surface area contributed by atoms with Crippen LogP contribution in [0.25, 0.3) is 0 Å². The van der Waals surface area contributed by atoms with E-state index >= 15 is 0 Å². The van der Waals surface area contributed by atoms with Gasteiger partial charge in [-0.2, -0.15) is 0 Å². The summed E-state index contributed by atoms with van der Waals surface area (Å²) in [5.74, 6) is 0.663. The van der Waals surface area contributed by atoms with E-state index < -0.39 is 7.14 Å². The Labute approximate surface area is 138 Å². The molecule has 1 heterocycles. The molecule has 1 unspecified atom stereocenters. The first-order valence-electron chi connectivity index (χ1n) is 9.03.